The molecular formula is C26H38O5Si. The summed E-state index contributed by atoms with van der Waals surface area (Å²) >= 11 is 0. The molecule has 0 N–H and O–H groups in total. The van der Waals surface area contributed by atoms with Crippen molar-refractivity contribution in [2.45, 2.75) is 51.9 Å². The van der Waals surface area contributed by atoms with Crippen molar-refractivity contribution in [2.75, 3.05) is 27.8 Å². The van der Waals surface area contributed by atoms with E-state index in [4.69, 9.17) is 23.4 Å². The van der Waals surface area contributed by atoms with Crippen LogP contribution < -0.4 is 9.47 Å². The van der Waals surface area contributed by atoms with Gasteiger partial charge in [0.1, 0.15) is 11.5 Å². The number of hydrogen-bond donors (Lipinski definition) is 0. The minimum atomic E-state index is -1.89. The first-order chi connectivity index (χ1) is 15.2. The average Bonchev–Trinajstić information content (AvgIpc) is 2.75. The molecule has 0 saturated heterocycles. The fraction of sp³-hybridized carbons (Fsp3) is 0.462. The van der Waals surface area contributed by atoms with Crippen molar-refractivity contribution in [2.24, 2.45) is 0 Å². The van der Waals surface area contributed by atoms with Gasteiger partial charge >= 0.3 is 0 Å². The molecule has 2 aromatic carbocycles. The fourth-order valence-electron chi connectivity index (χ4n) is 2.82. The third-order valence-electron chi connectivity index (χ3n) is 5.73. The molecular weight excluding hydrogens is 420 g/mol. The molecule has 0 aliphatic carbocycles. The molecule has 0 saturated carbocycles. The van der Waals surface area contributed by atoms with E-state index < -0.39 is 8.32 Å². The second-order valence-corrected chi connectivity index (χ2v) is 14.0. The molecule has 0 heterocycles. The van der Waals surface area contributed by atoms with Crippen LogP contribution in [0.25, 0.3) is 6.08 Å². The van der Waals surface area contributed by atoms with Gasteiger partial charge in [-0.1, -0.05) is 63.3 Å². The molecule has 0 fully saturated rings. The van der Waals surface area contributed by atoms with Crippen molar-refractivity contribution in [3.05, 3.63) is 65.2 Å². The van der Waals surface area contributed by atoms with Gasteiger partial charge in [0.2, 0.25) is 0 Å². The maximum Gasteiger partial charge on any atom is 0.192 e. The van der Waals surface area contributed by atoms with Crippen molar-refractivity contribution < 1.29 is 23.4 Å². The molecule has 0 amide bonds. The Morgan fingerprint density at radius 1 is 0.875 bits per heavy atom. The normalized spacial score (nSPS) is 12.3. The van der Waals surface area contributed by atoms with E-state index in [1.54, 1.807) is 14.2 Å². The van der Waals surface area contributed by atoms with Crippen molar-refractivity contribution in [3.63, 3.8) is 0 Å². The van der Waals surface area contributed by atoms with Crippen LogP contribution in [0.15, 0.2) is 48.5 Å². The van der Waals surface area contributed by atoms with Gasteiger partial charge in [-0.15, -0.1) is 0 Å². The van der Waals surface area contributed by atoms with E-state index in [0.29, 0.717) is 13.0 Å². The zero-order chi connectivity index (χ0) is 23.6. The first kappa shape index (κ1) is 26.1. The summed E-state index contributed by atoms with van der Waals surface area (Å²) in [7, 11) is 1.34. The van der Waals surface area contributed by atoms with Crippen molar-refractivity contribution in [1.82, 2.24) is 0 Å². The Morgan fingerprint density at radius 3 is 1.94 bits per heavy atom. The van der Waals surface area contributed by atoms with Crippen LogP contribution in [-0.4, -0.2) is 36.1 Å². The molecule has 2 aromatic rings. The Balaban J connectivity index is 2.33. The van der Waals surface area contributed by atoms with E-state index in [2.05, 4.69) is 58.2 Å². The Labute approximate surface area is 194 Å². The van der Waals surface area contributed by atoms with Crippen LogP contribution in [0.4, 0.5) is 0 Å². The highest BCUT2D eigenvalue weighted by Crippen LogP contribution is 2.38. The maximum atomic E-state index is 6.43. The third-order valence-corrected chi connectivity index (χ3v) is 10.2. The highest BCUT2D eigenvalue weighted by atomic mass is 28.4. The molecule has 5 nitrogen and oxygen atoms in total. The smallest absolute Gasteiger partial charge is 0.192 e. The van der Waals surface area contributed by atoms with E-state index in [1.807, 2.05) is 30.3 Å². The van der Waals surface area contributed by atoms with Crippen LogP contribution in [0.3, 0.4) is 0 Å². The summed E-state index contributed by atoms with van der Waals surface area (Å²) in [4.78, 5) is 0. The van der Waals surface area contributed by atoms with Crippen molar-refractivity contribution >= 4 is 14.4 Å². The summed E-state index contributed by atoms with van der Waals surface area (Å²) in [6.07, 6.45) is 4.85. The highest BCUT2D eigenvalue weighted by Gasteiger charge is 2.37. The van der Waals surface area contributed by atoms with E-state index in [-0.39, 0.29) is 18.6 Å². The van der Waals surface area contributed by atoms with Gasteiger partial charge in [0.05, 0.1) is 6.61 Å². The number of rotatable bonds is 12. The van der Waals surface area contributed by atoms with Crippen LogP contribution in [0.1, 0.15) is 37.5 Å². The molecule has 2 rings (SSSR count). The monoisotopic (exact) mass is 458 g/mol. The molecule has 0 atom stereocenters. The Kier molecular flexibility index (Phi) is 9.97. The summed E-state index contributed by atoms with van der Waals surface area (Å²) in [5, 5.41) is 0.139. The SMILES string of the molecule is COCOc1cc(CO[Si](C)(C)C(C)(C)C)cc(OCOC)c1C/C=C/c1ccccc1. The second kappa shape index (κ2) is 12.2. The standard InChI is InChI=1S/C26H38O5Si/c1-26(2,3)32(6,7)31-18-22-16-24(29-19-27-4)23(25(17-22)30-20-28-5)15-11-14-21-12-9-8-10-13-21/h8-14,16-17H,15,18-20H2,1-7H3/b14-11+. The highest BCUT2D eigenvalue weighted by molar-refractivity contribution is 6.74. The molecule has 0 unspecified atom stereocenters. The first-order valence-corrected chi connectivity index (χ1v) is 13.8. The summed E-state index contributed by atoms with van der Waals surface area (Å²) in [6, 6.07) is 14.3. The Bertz CT molecular complexity index is 827. The molecule has 0 radical (unpaired) electrons. The molecule has 32 heavy (non-hydrogen) atoms. The summed E-state index contributed by atoms with van der Waals surface area (Å²) in [5.74, 6) is 1.46. The Hall–Kier alpha value is -2.12. The van der Waals surface area contributed by atoms with Crippen molar-refractivity contribution in [3.8, 4) is 11.5 Å². The number of benzene rings is 2. The van der Waals surface area contributed by atoms with Crippen LogP contribution in [0.5, 0.6) is 11.5 Å². The largest absolute Gasteiger partial charge is 0.467 e. The quantitative estimate of drug-likeness (QED) is 0.271. The first-order valence-electron chi connectivity index (χ1n) is 10.9. The fourth-order valence-corrected chi connectivity index (χ4v) is 3.78. The number of ether oxygens (including phenoxy) is 4. The third kappa shape index (κ3) is 7.78. The van der Waals surface area contributed by atoms with E-state index in [9.17, 15) is 0 Å². The van der Waals surface area contributed by atoms with E-state index >= 15 is 0 Å². The lowest BCUT2D eigenvalue weighted by molar-refractivity contribution is 0.0446. The van der Waals surface area contributed by atoms with Gasteiger partial charge in [0, 0.05) is 19.8 Å². The molecule has 0 aromatic heterocycles. The molecule has 0 bridgehead atoms. The summed E-state index contributed by atoms with van der Waals surface area (Å²) in [5.41, 5.74) is 3.09. The van der Waals surface area contributed by atoms with Gasteiger partial charge in [0.15, 0.2) is 21.9 Å². The zero-order valence-corrected chi connectivity index (χ0v) is 21.6. The lowest BCUT2D eigenvalue weighted by Gasteiger charge is -2.36. The number of allylic oxidation sites excluding steroid dienone is 1. The summed E-state index contributed by atoms with van der Waals surface area (Å²) < 4.78 is 28.6. The van der Waals surface area contributed by atoms with Crippen LogP contribution >= 0.6 is 0 Å². The number of methoxy groups -OCH3 is 2. The lowest BCUT2D eigenvalue weighted by atomic mass is 10.0. The van der Waals surface area contributed by atoms with E-state index in [0.717, 1.165) is 28.2 Å². The topological polar surface area (TPSA) is 46.2 Å². The molecule has 0 aliphatic rings. The van der Waals surface area contributed by atoms with Gasteiger partial charge in [-0.25, -0.2) is 0 Å². The maximum absolute atomic E-state index is 6.43. The van der Waals surface area contributed by atoms with Gasteiger partial charge in [0.25, 0.3) is 0 Å². The minimum absolute atomic E-state index is 0.139. The Morgan fingerprint density at radius 2 is 1.44 bits per heavy atom. The predicted molar refractivity (Wildman–Crippen MR) is 133 cm³/mol. The summed E-state index contributed by atoms with van der Waals surface area (Å²) in [6.45, 7) is 12.0. The van der Waals surface area contributed by atoms with Crippen LogP contribution in [0.2, 0.25) is 18.1 Å². The van der Waals surface area contributed by atoms with Gasteiger partial charge < -0.3 is 23.4 Å². The zero-order valence-electron chi connectivity index (χ0n) is 20.6. The van der Waals surface area contributed by atoms with Crippen LogP contribution in [0, 0.1) is 0 Å². The molecule has 0 aliphatic heterocycles. The molecule has 176 valence electrons. The average molecular weight is 459 g/mol. The minimum Gasteiger partial charge on any atom is -0.467 e. The molecule has 0 spiro atoms. The second-order valence-electron chi connectivity index (χ2n) is 9.24. The predicted octanol–water partition coefficient (Wildman–Crippen LogP) is 6.43. The van der Waals surface area contributed by atoms with Gasteiger partial charge in [-0.2, -0.15) is 0 Å². The van der Waals surface area contributed by atoms with Crippen molar-refractivity contribution in [1.29, 1.82) is 0 Å². The van der Waals surface area contributed by atoms with Crippen LogP contribution in [-0.2, 0) is 26.9 Å². The molecule has 6 heteroatoms. The number of hydrogen-bond acceptors (Lipinski definition) is 5. The van der Waals surface area contributed by atoms with Gasteiger partial charge in [-0.05, 0) is 47.8 Å². The van der Waals surface area contributed by atoms with Gasteiger partial charge in [-0.3, -0.25) is 0 Å². The lowest BCUT2D eigenvalue weighted by Crippen LogP contribution is -2.40. The van der Waals surface area contributed by atoms with E-state index in [1.165, 1.54) is 0 Å².